The van der Waals surface area contributed by atoms with Crippen LogP contribution in [0.3, 0.4) is 0 Å². The molecule has 4 heteroatoms. The van der Waals surface area contributed by atoms with E-state index in [1.807, 2.05) is 0 Å². The highest BCUT2D eigenvalue weighted by Crippen LogP contribution is 2.30. The molecule has 0 bridgehead atoms. The zero-order chi connectivity index (χ0) is 10.7. The molecular weight excluding hydrogens is 194 g/mol. The standard InChI is InChI=1S/C11H9NO3/c12-7-9(13)8-2-3-10-11(6-8)15-5-1-4-14-10/h2-3,6H,1,4-5H2. The van der Waals surface area contributed by atoms with Crippen LogP contribution in [0.2, 0.25) is 0 Å². The minimum atomic E-state index is -0.564. The highest BCUT2D eigenvalue weighted by Gasteiger charge is 2.13. The van der Waals surface area contributed by atoms with Crippen LogP contribution in [0.5, 0.6) is 11.5 Å². The normalized spacial score (nSPS) is 13.8. The van der Waals surface area contributed by atoms with Gasteiger partial charge in [-0.25, -0.2) is 0 Å². The third-order valence-corrected chi connectivity index (χ3v) is 2.11. The van der Waals surface area contributed by atoms with Gasteiger partial charge in [-0.3, -0.25) is 4.79 Å². The highest BCUT2D eigenvalue weighted by molar-refractivity contribution is 6.07. The molecule has 1 aromatic rings. The lowest BCUT2D eigenvalue weighted by molar-refractivity contribution is 0.105. The van der Waals surface area contributed by atoms with Gasteiger partial charge in [-0.05, 0) is 18.2 Å². The van der Waals surface area contributed by atoms with Crippen molar-refractivity contribution in [1.29, 1.82) is 5.26 Å². The fraction of sp³-hybridized carbons (Fsp3) is 0.273. The molecule has 0 amide bonds. The molecule has 1 aliphatic heterocycles. The van der Waals surface area contributed by atoms with Crippen molar-refractivity contribution in [2.45, 2.75) is 6.42 Å². The Morgan fingerprint density at radius 1 is 1.27 bits per heavy atom. The van der Waals surface area contributed by atoms with E-state index in [4.69, 9.17) is 14.7 Å². The predicted molar refractivity (Wildman–Crippen MR) is 52.0 cm³/mol. The minimum absolute atomic E-state index is 0.335. The first-order valence-electron chi connectivity index (χ1n) is 4.65. The number of ketones is 1. The Hall–Kier alpha value is -2.02. The van der Waals surface area contributed by atoms with Gasteiger partial charge < -0.3 is 9.47 Å². The van der Waals surface area contributed by atoms with Gasteiger partial charge in [-0.1, -0.05) is 0 Å². The number of hydrogen-bond donors (Lipinski definition) is 0. The molecule has 0 unspecified atom stereocenters. The molecule has 0 N–H and O–H groups in total. The number of hydrogen-bond acceptors (Lipinski definition) is 4. The van der Waals surface area contributed by atoms with Crippen LogP contribution in [0.25, 0.3) is 0 Å². The summed E-state index contributed by atoms with van der Waals surface area (Å²) in [6, 6.07) is 6.34. The number of nitrogens with zero attached hydrogens (tertiary/aromatic N) is 1. The van der Waals surface area contributed by atoms with Crippen molar-refractivity contribution >= 4 is 5.78 Å². The van der Waals surface area contributed by atoms with Crippen molar-refractivity contribution in [2.75, 3.05) is 13.2 Å². The highest BCUT2D eigenvalue weighted by atomic mass is 16.5. The smallest absolute Gasteiger partial charge is 0.262 e. The number of Topliss-reactive ketones (excluding diaryl/α,β-unsaturated/α-hetero) is 1. The summed E-state index contributed by atoms with van der Waals surface area (Å²) in [5, 5.41) is 8.48. The third-order valence-electron chi connectivity index (χ3n) is 2.11. The first-order chi connectivity index (χ1) is 7.31. The summed E-state index contributed by atoms with van der Waals surface area (Å²) >= 11 is 0. The van der Waals surface area contributed by atoms with Crippen LogP contribution in [-0.2, 0) is 0 Å². The topological polar surface area (TPSA) is 59.3 Å². The number of benzene rings is 1. The van der Waals surface area contributed by atoms with Crippen molar-refractivity contribution in [2.24, 2.45) is 0 Å². The van der Waals surface area contributed by atoms with Gasteiger partial charge in [0.05, 0.1) is 13.2 Å². The van der Waals surface area contributed by atoms with Gasteiger partial charge in [-0.15, -0.1) is 0 Å². The number of ether oxygens (including phenoxy) is 2. The van der Waals surface area contributed by atoms with Crippen molar-refractivity contribution in [3.05, 3.63) is 23.8 Å². The van der Waals surface area contributed by atoms with Crippen LogP contribution < -0.4 is 9.47 Å². The van der Waals surface area contributed by atoms with Gasteiger partial charge in [0.25, 0.3) is 5.78 Å². The maximum Gasteiger partial charge on any atom is 0.262 e. The molecule has 0 spiro atoms. The number of carbonyl (C=O) groups excluding carboxylic acids is 1. The van der Waals surface area contributed by atoms with Crippen LogP contribution >= 0.6 is 0 Å². The number of carbonyl (C=O) groups is 1. The molecule has 4 nitrogen and oxygen atoms in total. The van der Waals surface area contributed by atoms with E-state index in [1.54, 1.807) is 24.3 Å². The molecule has 0 saturated heterocycles. The summed E-state index contributed by atoms with van der Waals surface area (Å²) in [5.41, 5.74) is 0.335. The second kappa shape index (κ2) is 4.01. The SMILES string of the molecule is N#CC(=O)c1ccc2c(c1)OCCCO2. The molecule has 2 rings (SSSR count). The zero-order valence-electron chi connectivity index (χ0n) is 8.03. The number of nitriles is 1. The van der Waals surface area contributed by atoms with Crippen LogP contribution in [0.1, 0.15) is 16.8 Å². The summed E-state index contributed by atoms with van der Waals surface area (Å²) in [5.74, 6) is 0.598. The maximum absolute atomic E-state index is 11.1. The van der Waals surface area contributed by atoms with Crippen molar-refractivity contribution in [3.8, 4) is 17.6 Å². The Morgan fingerprint density at radius 3 is 2.73 bits per heavy atom. The molecule has 0 aromatic heterocycles. The van der Waals surface area contributed by atoms with E-state index in [9.17, 15) is 4.79 Å². The Morgan fingerprint density at radius 2 is 2.00 bits per heavy atom. The van der Waals surface area contributed by atoms with E-state index in [2.05, 4.69) is 0 Å². The van der Waals surface area contributed by atoms with Gasteiger partial charge in [-0.2, -0.15) is 5.26 Å². The molecular formula is C11H9NO3. The van der Waals surface area contributed by atoms with E-state index < -0.39 is 5.78 Å². The molecule has 0 fully saturated rings. The summed E-state index contributed by atoms with van der Waals surface area (Å²) in [6.07, 6.45) is 0.816. The molecule has 1 aliphatic rings. The van der Waals surface area contributed by atoms with E-state index in [0.29, 0.717) is 30.3 Å². The summed E-state index contributed by atoms with van der Waals surface area (Å²) in [6.45, 7) is 1.18. The summed E-state index contributed by atoms with van der Waals surface area (Å²) in [4.78, 5) is 11.1. The third kappa shape index (κ3) is 1.91. The fourth-order valence-electron chi connectivity index (χ4n) is 1.37. The Labute approximate surface area is 87.0 Å². The van der Waals surface area contributed by atoms with Crippen LogP contribution in [0.15, 0.2) is 18.2 Å². The number of fused-ring (bicyclic) bond motifs is 1. The predicted octanol–water partition coefficient (Wildman–Crippen LogP) is 1.55. The Kier molecular flexibility index (Phi) is 2.55. The van der Waals surface area contributed by atoms with Gasteiger partial charge in [0.15, 0.2) is 11.5 Å². The van der Waals surface area contributed by atoms with E-state index >= 15 is 0 Å². The quantitative estimate of drug-likeness (QED) is 0.513. The van der Waals surface area contributed by atoms with E-state index in [0.717, 1.165) is 6.42 Å². The van der Waals surface area contributed by atoms with Crippen molar-refractivity contribution in [3.63, 3.8) is 0 Å². The Balaban J connectivity index is 2.37. The molecule has 0 atom stereocenters. The fourth-order valence-corrected chi connectivity index (χ4v) is 1.37. The average Bonchev–Trinajstić information content (AvgIpc) is 2.51. The van der Waals surface area contributed by atoms with Crippen LogP contribution in [0, 0.1) is 11.3 Å². The maximum atomic E-state index is 11.1. The first kappa shape index (κ1) is 9.53. The lowest BCUT2D eigenvalue weighted by atomic mass is 10.1. The van der Waals surface area contributed by atoms with Gasteiger partial charge >= 0.3 is 0 Å². The Bertz CT molecular complexity index is 434. The molecule has 0 saturated carbocycles. The first-order valence-corrected chi connectivity index (χ1v) is 4.65. The second-order valence-electron chi connectivity index (χ2n) is 3.15. The van der Waals surface area contributed by atoms with Gasteiger partial charge in [0.2, 0.25) is 0 Å². The van der Waals surface area contributed by atoms with E-state index in [1.165, 1.54) is 0 Å². The van der Waals surface area contributed by atoms with Crippen molar-refractivity contribution < 1.29 is 14.3 Å². The molecule has 1 heterocycles. The van der Waals surface area contributed by atoms with Crippen molar-refractivity contribution in [1.82, 2.24) is 0 Å². The lowest BCUT2D eigenvalue weighted by Crippen LogP contribution is -1.98. The van der Waals surface area contributed by atoms with Crippen LogP contribution in [0.4, 0.5) is 0 Å². The second-order valence-corrected chi connectivity index (χ2v) is 3.15. The summed E-state index contributed by atoms with van der Waals surface area (Å²) in [7, 11) is 0. The zero-order valence-corrected chi connectivity index (χ0v) is 8.03. The average molecular weight is 203 g/mol. The molecule has 15 heavy (non-hydrogen) atoms. The van der Waals surface area contributed by atoms with E-state index in [-0.39, 0.29) is 0 Å². The van der Waals surface area contributed by atoms with Crippen LogP contribution in [-0.4, -0.2) is 19.0 Å². The largest absolute Gasteiger partial charge is 0.490 e. The molecule has 76 valence electrons. The minimum Gasteiger partial charge on any atom is -0.490 e. The number of rotatable bonds is 1. The monoisotopic (exact) mass is 203 g/mol. The lowest BCUT2D eigenvalue weighted by Gasteiger charge is -2.06. The molecule has 1 aromatic carbocycles. The molecule has 0 aliphatic carbocycles. The summed E-state index contributed by atoms with van der Waals surface area (Å²) < 4.78 is 10.8. The van der Waals surface area contributed by atoms with Gasteiger partial charge in [0.1, 0.15) is 6.07 Å². The van der Waals surface area contributed by atoms with Gasteiger partial charge in [0, 0.05) is 12.0 Å². The molecule has 0 radical (unpaired) electrons.